The minimum absolute atomic E-state index is 0.406. The first-order valence-corrected chi connectivity index (χ1v) is 7.17. The summed E-state index contributed by atoms with van der Waals surface area (Å²) in [6, 6.07) is 9.27. The van der Waals surface area contributed by atoms with E-state index in [0.717, 1.165) is 36.4 Å². The highest BCUT2D eigenvalue weighted by atomic mass is 15.2. The van der Waals surface area contributed by atoms with Gasteiger partial charge in [0.1, 0.15) is 5.82 Å². The second-order valence-electron chi connectivity index (χ2n) is 5.29. The standard InChI is InChI=1S/C15H22N4/c1-3-19-9-8-11(16-2)10-14(19)15-17-12-6-4-5-7-13(12)18-15/h4-7,11,14,16H,3,8-10H2,1-2H3,(H,17,18). The van der Waals surface area contributed by atoms with E-state index in [0.29, 0.717) is 12.1 Å². The predicted molar refractivity (Wildman–Crippen MR) is 78.2 cm³/mol. The Morgan fingerprint density at radius 3 is 3.00 bits per heavy atom. The lowest BCUT2D eigenvalue weighted by Crippen LogP contribution is -2.43. The van der Waals surface area contributed by atoms with Crippen molar-refractivity contribution in [3.05, 3.63) is 30.1 Å². The minimum Gasteiger partial charge on any atom is -0.341 e. The molecule has 2 N–H and O–H groups in total. The molecule has 2 atom stereocenters. The molecule has 19 heavy (non-hydrogen) atoms. The fourth-order valence-corrected chi connectivity index (χ4v) is 3.07. The Kier molecular flexibility index (Phi) is 3.53. The first kappa shape index (κ1) is 12.6. The van der Waals surface area contributed by atoms with Crippen molar-refractivity contribution < 1.29 is 0 Å². The average molecular weight is 258 g/mol. The normalized spacial score (nSPS) is 24.9. The lowest BCUT2D eigenvalue weighted by atomic mass is 9.97. The van der Waals surface area contributed by atoms with Gasteiger partial charge in [-0.05, 0) is 38.6 Å². The van der Waals surface area contributed by atoms with Gasteiger partial charge in [-0.25, -0.2) is 4.98 Å². The third-order valence-corrected chi connectivity index (χ3v) is 4.25. The van der Waals surface area contributed by atoms with E-state index < -0.39 is 0 Å². The third kappa shape index (κ3) is 2.38. The number of para-hydroxylation sites is 2. The molecule has 1 aliphatic rings. The second-order valence-corrected chi connectivity index (χ2v) is 5.29. The molecule has 1 aromatic heterocycles. The van der Waals surface area contributed by atoms with Crippen molar-refractivity contribution in [1.82, 2.24) is 20.2 Å². The molecule has 4 heteroatoms. The zero-order valence-electron chi connectivity index (χ0n) is 11.7. The molecule has 1 fully saturated rings. The molecule has 102 valence electrons. The molecule has 3 rings (SSSR count). The fraction of sp³-hybridized carbons (Fsp3) is 0.533. The highest BCUT2D eigenvalue weighted by Crippen LogP contribution is 2.30. The largest absolute Gasteiger partial charge is 0.341 e. The first-order chi connectivity index (χ1) is 9.31. The number of nitrogens with one attached hydrogen (secondary N) is 2. The van der Waals surface area contributed by atoms with Crippen molar-refractivity contribution >= 4 is 11.0 Å². The van der Waals surface area contributed by atoms with Crippen molar-refractivity contribution in [2.24, 2.45) is 0 Å². The van der Waals surface area contributed by atoms with Crippen LogP contribution in [0.15, 0.2) is 24.3 Å². The van der Waals surface area contributed by atoms with Gasteiger partial charge in [0, 0.05) is 12.6 Å². The molecule has 0 amide bonds. The summed E-state index contributed by atoms with van der Waals surface area (Å²) in [4.78, 5) is 10.8. The Labute approximate surface area is 114 Å². The highest BCUT2D eigenvalue weighted by Gasteiger charge is 2.29. The lowest BCUT2D eigenvalue weighted by Gasteiger charge is -2.37. The van der Waals surface area contributed by atoms with Gasteiger partial charge in [0.05, 0.1) is 17.1 Å². The van der Waals surface area contributed by atoms with Crippen molar-refractivity contribution in [2.75, 3.05) is 20.1 Å². The molecule has 2 heterocycles. The molecule has 1 aromatic carbocycles. The van der Waals surface area contributed by atoms with Crippen LogP contribution in [0.4, 0.5) is 0 Å². The van der Waals surface area contributed by atoms with Crippen molar-refractivity contribution in [3.63, 3.8) is 0 Å². The maximum atomic E-state index is 4.78. The van der Waals surface area contributed by atoms with Gasteiger partial charge in [-0.1, -0.05) is 19.1 Å². The van der Waals surface area contributed by atoms with Crippen LogP contribution in [0.1, 0.15) is 31.6 Å². The van der Waals surface area contributed by atoms with E-state index in [1.165, 1.54) is 6.42 Å². The highest BCUT2D eigenvalue weighted by molar-refractivity contribution is 5.74. The topological polar surface area (TPSA) is 44.0 Å². The van der Waals surface area contributed by atoms with Gasteiger partial charge in [-0.15, -0.1) is 0 Å². The molecule has 0 radical (unpaired) electrons. The number of nitrogens with zero attached hydrogens (tertiary/aromatic N) is 2. The second kappa shape index (κ2) is 5.31. The maximum Gasteiger partial charge on any atom is 0.124 e. The quantitative estimate of drug-likeness (QED) is 0.888. The summed E-state index contributed by atoms with van der Waals surface area (Å²) in [5.41, 5.74) is 2.21. The van der Waals surface area contributed by atoms with Crippen molar-refractivity contribution in [3.8, 4) is 0 Å². The number of fused-ring (bicyclic) bond motifs is 1. The Morgan fingerprint density at radius 2 is 2.26 bits per heavy atom. The van der Waals surface area contributed by atoms with E-state index in [-0.39, 0.29) is 0 Å². The van der Waals surface area contributed by atoms with Gasteiger partial charge in [-0.3, -0.25) is 4.90 Å². The molecule has 0 aliphatic carbocycles. The molecule has 0 spiro atoms. The van der Waals surface area contributed by atoms with Gasteiger partial charge in [0.2, 0.25) is 0 Å². The predicted octanol–water partition coefficient (Wildman–Crippen LogP) is 2.31. The number of aromatic amines is 1. The van der Waals surface area contributed by atoms with E-state index >= 15 is 0 Å². The summed E-state index contributed by atoms with van der Waals surface area (Å²) >= 11 is 0. The summed E-state index contributed by atoms with van der Waals surface area (Å²) in [6.07, 6.45) is 2.35. The van der Waals surface area contributed by atoms with E-state index in [2.05, 4.69) is 47.4 Å². The van der Waals surface area contributed by atoms with E-state index in [9.17, 15) is 0 Å². The number of likely N-dealkylation sites (tertiary alicyclic amines) is 1. The summed E-state index contributed by atoms with van der Waals surface area (Å²) in [7, 11) is 2.06. The Morgan fingerprint density at radius 1 is 1.42 bits per heavy atom. The zero-order chi connectivity index (χ0) is 13.2. The smallest absolute Gasteiger partial charge is 0.124 e. The van der Waals surface area contributed by atoms with Crippen LogP contribution in [-0.4, -0.2) is 41.0 Å². The molecular weight excluding hydrogens is 236 g/mol. The Balaban J connectivity index is 1.92. The van der Waals surface area contributed by atoms with Gasteiger partial charge in [0.25, 0.3) is 0 Å². The number of piperidine rings is 1. The van der Waals surface area contributed by atoms with Crippen LogP contribution in [0.2, 0.25) is 0 Å². The SMILES string of the molecule is CCN1CCC(NC)CC1c1nc2ccccc2[nH]1. The maximum absolute atomic E-state index is 4.78. The number of imidazole rings is 1. The Bertz CT molecular complexity index is 515. The number of hydrogen-bond donors (Lipinski definition) is 2. The van der Waals surface area contributed by atoms with Crippen molar-refractivity contribution in [1.29, 1.82) is 0 Å². The molecule has 4 nitrogen and oxygen atoms in total. The number of H-pyrrole nitrogens is 1. The number of rotatable bonds is 3. The van der Waals surface area contributed by atoms with Crippen LogP contribution in [0.3, 0.4) is 0 Å². The van der Waals surface area contributed by atoms with Crippen LogP contribution in [0.25, 0.3) is 11.0 Å². The molecule has 0 bridgehead atoms. The van der Waals surface area contributed by atoms with E-state index in [1.807, 2.05) is 6.07 Å². The van der Waals surface area contributed by atoms with Gasteiger partial charge in [0.15, 0.2) is 0 Å². The van der Waals surface area contributed by atoms with Crippen LogP contribution < -0.4 is 5.32 Å². The molecule has 2 aromatic rings. The van der Waals surface area contributed by atoms with Crippen molar-refractivity contribution in [2.45, 2.75) is 31.8 Å². The summed E-state index contributed by atoms with van der Waals surface area (Å²) < 4.78 is 0. The first-order valence-electron chi connectivity index (χ1n) is 7.17. The van der Waals surface area contributed by atoms with E-state index in [1.54, 1.807) is 0 Å². The average Bonchev–Trinajstić information content (AvgIpc) is 2.90. The number of benzene rings is 1. The van der Waals surface area contributed by atoms with Gasteiger partial charge in [-0.2, -0.15) is 0 Å². The summed E-state index contributed by atoms with van der Waals surface area (Å²) in [5.74, 6) is 1.11. The molecule has 1 saturated heterocycles. The van der Waals surface area contributed by atoms with Crippen LogP contribution >= 0.6 is 0 Å². The molecule has 2 unspecified atom stereocenters. The minimum atomic E-state index is 0.406. The number of hydrogen-bond acceptors (Lipinski definition) is 3. The molecular formula is C15H22N4. The van der Waals surface area contributed by atoms with Crippen LogP contribution in [-0.2, 0) is 0 Å². The van der Waals surface area contributed by atoms with E-state index in [4.69, 9.17) is 4.98 Å². The monoisotopic (exact) mass is 258 g/mol. The number of aromatic nitrogens is 2. The van der Waals surface area contributed by atoms with Gasteiger partial charge < -0.3 is 10.3 Å². The molecule has 0 saturated carbocycles. The fourth-order valence-electron chi connectivity index (χ4n) is 3.07. The lowest BCUT2D eigenvalue weighted by molar-refractivity contribution is 0.129. The third-order valence-electron chi connectivity index (χ3n) is 4.25. The summed E-state index contributed by atoms with van der Waals surface area (Å²) in [6.45, 7) is 4.46. The Hall–Kier alpha value is -1.39. The summed E-state index contributed by atoms with van der Waals surface area (Å²) in [5, 5.41) is 3.41. The zero-order valence-corrected chi connectivity index (χ0v) is 11.7. The van der Waals surface area contributed by atoms with Crippen LogP contribution in [0, 0.1) is 0 Å². The van der Waals surface area contributed by atoms with Crippen LogP contribution in [0.5, 0.6) is 0 Å². The molecule has 1 aliphatic heterocycles. The van der Waals surface area contributed by atoms with Gasteiger partial charge >= 0.3 is 0 Å².